The van der Waals surface area contributed by atoms with Crippen LogP contribution in [-0.4, -0.2) is 16.7 Å². The van der Waals surface area contributed by atoms with Gasteiger partial charge >= 0.3 is 0 Å². The third kappa shape index (κ3) is 4.80. The van der Waals surface area contributed by atoms with E-state index in [1.54, 1.807) is 0 Å². The Morgan fingerprint density at radius 1 is 1.00 bits per heavy atom. The molecule has 0 saturated heterocycles. The molecule has 0 N–H and O–H groups in total. The number of rotatable bonds is 5. The molecule has 3 aromatic rings. The van der Waals surface area contributed by atoms with Crippen LogP contribution < -0.4 is 0 Å². The zero-order valence-electron chi connectivity index (χ0n) is 20.2. The Morgan fingerprint density at radius 2 is 1.72 bits per heavy atom. The first kappa shape index (κ1) is 24.2. The van der Waals surface area contributed by atoms with Crippen LogP contribution in [0.1, 0.15) is 67.1 Å². The molecule has 0 amide bonds. The fourth-order valence-corrected chi connectivity index (χ4v) is 5.72. The van der Waals surface area contributed by atoms with Crippen LogP contribution in [0.4, 0.5) is 4.39 Å². The van der Waals surface area contributed by atoms with E-state index in [1.807, 2.05) is 11.3 Å². The van der Waals surface area contributed by atoms with E-state index in [-0.39, 0.29) is 0 Å². The summed E-state index contributed by atoms with van der Waals surface area (Å²) in [6.45, 7) is 11.2. The minimum atomic E-state index is 0.500. The second kappa shape index (κ2) is 10.9. The molecule has 1 aliphatic carbocycles. The van der Waals surface area contributed by atoms with Gasteiger partial charge in [0.05, 0.1) is 28.8 Å². The average Bonchev–Trinajstić information content (AvgIpc) is 3.30. The highest BCUT2D eigenvalue weighted by molar-refractivity contribution is 7.16. The first-order chi connectivity index (χ1) is 15.5. The van der Waals surface area contributed by atoms with Crippen molar-refractivity contribution in [2.45, 2.75) is 66.3 Å². The molecule has 4 rings (SSSR count). The zero-order valence-corrected chi connectivity index (χ0v) is 21.0. The number of allylic oxidation sites excluding steroid dienone is 6. The fourth-order valence-electron chi connectivity index (χ4n) is 4.44. The Kier molecular flexibility index (Phi) is 8.25. The SMILES string of the molecule is CCC(CC)n1cc(C)c2nc(-c3sc(/C4=C/CC=C/C=C\C4)cc3C)c(C)cc21.CF. The molecule has 32 heavy (non-hydrogen) atoms. The standard InChI is InChI=1S/C27H32N2S.CH3F/c1-6-22(7-2)29-17-20(5)25-23(29)15-18(3)26(28-25)27-19(4)16-24(30-27)21-13-11-9-8-10-12-14-21;1-2/h8-11,14-17,22H,6-7,12-13H2,1-5H3;1H3/b10-8?,11-9-,21-14+;. The molecule has 0 radical (unpaired) electrons. The lowest BCUT2D eigenvalue weighted by Gasteiger charge is -2.16. The smallest absolute Gasteiger partial charge is 0.0918 e. The number of aryl methyl sites for hydroxylation is 3. The van der Waals surface area contributed by atoms with Crippen molar-refractivity contribution in [1.29, 1.82) is 0 Å². The first-order valence-corrected chi connectivity index (χ1v) is 12.3. The number of hydrogen-bond acceptors (Lipinski definition) is 2. The molecule has 170 valence electrons. The third-order valence-electron chi connectivity index (χ3n) is 6.18. The molecule has 0 aliphatic heterocycles. The summed E-state index contributed by atoms with van der Waals surface area (Å²) in [6, 6.07) is 5.24. The topological polar surface area (TPSA) is 17.8 Å². The van der Waals surface area contributed by atoms with Crippen molar-refractivity contribution in [2.24, 2.45) is 0 Å². The molecule has 4 heteroatoms. The maximum absolute atomic E-state index is 9.50. The minimum absolute atomic E-state index is 0.500. The van der Waals surface area contributed by atoms with Crippen molar-refractivity contribution < 1.29 is 4.39 Å². The number of alkyl halides is 1. The zero-order chi connectivity index (χ0) is 23.3. The van der Waals surface area contributed by atoms with Crippen molar-refractivity contribution in [3.8, 4) is 10.6 Å². The Bertz CT molecular complexity index is 1160. The van der Waals surface area contributed by atoms with Crippen LogP contribution in [0.3, 0.4) is 0 Å². The van der Waals surface area contributed by atoms with Crippen LogP contribution >= 0.6 is 11.3 Å². The summed E-state index contributed by atoms with van der Waals surface area (Å²) < 4.78 is 11.9. The van der Waals surface area contributed by atoms with Crippen LogP contribution in [0, 0.1) is 20.8 Å². The van der Waals surface area contributed by atoms with Gasteiger partial charge in [-0.1, -0.05) is 44.2 Å². The largest absolute Gasteiger partial charge is 0.343 e. The van der Waals surface area contributed by atoms with Gasteiger partial charge in [0.15, 0.2) is 0 Å². The molecule has 0 aromatic carbocycles. The highest BCUT2D eigenvalue weighted by Crippen LogP contribution is 2.39. The summed E-state index contributed by atoms with van der Waals surface area (Å²) in [5.41, 5.74) is 8.84. The van der Waals surface area contributed by atoms with Crippen molar-refractivity contribution in [3.05, 3.63) is 70.3 Å². The molecule has 0 bridgehead atoms. The fraction of sp³-hybridized carbons (Fsp3) is 0.393. The van der Waals surface area contributed by atoms with Crippen LogP contribution in [-0.2, 0) is 0 Å². The van der Waals surface area contributed by atoms with E-state index in [4.69, 9.17) is 4.98 Å². The number of hydrogen-bond donors (Lipinski definition) is 0. The molecule has 0 spiro atoms. The molecule has 0 unspecified atom stereocenters. The van der Waals surface area contributed by atoms with Gasteiger partial charge in [0.2, 0.25) is 0 Å². The van der Waals surface area contributed by atoms with Gasteiger partial charge in [-0.15, -0.1) is 11.3 Å². The Labute approximate surface area is 196 Å². The summed E-state index contributed by atoms with van der Waals surface area (Å²) >= 11 is 1.89. The van der Waals surface area contributed by atoms with Crippen LogP contribution in [0.5, 0.6) is 0 Å². The molecule has 1 aliphatic rings. The molecular formula is C28H35FN2S. The minimum Gasteiger partial charge on any atom is -0.343 e. The van der Waals surface area contributed by atoms with Gasteiger partial charge < -0.3 is 4.57 Å². The van der Waals surface area contributed by atoms with E-state index in [9.17, 15) is 4.39 Å². The number of aromatic nitrogens is 2. The molecule has 2 nitrogen and oxygen atoms in total. The summed E-state index contributed by atoms with van der Waals surface area (Å²) in [7, 11) is 0.500. The second-order valence-electron chi connectivity index (χ2n) is 8.36. The molecule has 0 saturated carbocycles. The molecular weight excluding hydrogens is 415 g/mol. The summed E-state index contributed by atoms with van der Waals surface area (Å²) in [6.07, 6.45) is 17.7. The lowest BCUT2D eigenvalue weighted by Crippen LogP contribution is -2.05. The first-order valence-electron chi connectivity index (χ1n) is 11.5. The Morgan fingerprint density at radius 3 is 2.44 bits per heavy atom. The van der Waals surface area contributed by atoms with Crippen molar-refractivity contribution in [1.82, 2.24) is 9.55 Å². The Hall–Kier alpha value is -2.46. The van der Waals surface area contributed by atoms with E-state index >= 15 is 0 Å². The summed E-state index contributed by atoms with van der Waals surface area (Å²) in [5.74, 6) is 0. The van der Waals surface area contributed by atoms with Crippen LogP contribution in [0.2, 0.25) is 0 Å². The van der Waals surface area contributed by atoms with Gasteiger partial charge in [0.25, 0.3) is 0 Å². The van der Waals surface area contributed by atoms with Gasteiger partial charge in [0.1, 0.15) is 0 Å². The van der Waals surface area contributed by atoms with Gasteiger partial charge in [-0.05, 0) is 80.9 Å². The molecule has 3 aromatic heterocycles. The van der Waals surface area contributed by atoms with E-state index < -0.39 is 0 Å². The van der Waals surface area contributed by atoms with Crippen molar-refractivity contribution in [3.63, 3.8) is 0 Å². The monoisotopic (exact) mass is 450 g/mol. The van der Waals surface area contributed by atoms with E-state index in [0.29, 0.717) is 13.2 Å². The van der Waals surface area contributed by atoms with E-state index in [0.717, 1.165) is 36.9 Å². The predicted molar refractivity (Wildman–Crippen MR) is 139 cm³/mol. The highest BCUT2D eigenvalue weighted by atomic mass is 32.1. The summed E-state index contributed by atoms with van der Waals surface area (Å²) in [5, 5.41) is 0. The maximum atomic E-state index is 9.50. The normalized spacial score (nSPS) is 16.3. The van der Waals surface area contributed by atoms with Crippen LogP contribution in [0.25, 0.3) is 27.2 Å². The predicted octanol–water partition coefficient (Wildman–Crippen LogP) is 8.93. The number of fused-ring (bicyclic) bond motifs is 1. The highest BCUT2D eigenvalue weighted by Gasteiger charge is 2.18. The second-order valence-corrected chi connectivity index (χ2v) is 9.41. The number of halogens is 1. The van der Waals surface area contributed by atoms with E-state index in [2.05, 4.69) is 87.9 Å². The Balaban J connectivity index is 0.00000141. The maximum Gasteiger partial charge on any atom is 0.0918 e. The third-order valence-corrected chi connectivity index (χ3v) is 7.50. The quantitative estimate of drug-likeness (QED) is 0.379. The molecule has 0 atom stereocenters. The lowest BCUT2D eigenvalue weighted by atomic mass is 10.1. The van der Waals surface area contributed by atoms with Gasteiger partial charge in [-0.2, -0.15) is 0 Å². The number of nitrogens with zero attached hydrogens (tertiary/aromatic N) is 2. The number of thiophene rings is 1. The molecule has 0 fully saturated rings. The van der Waals surface area contributed by atoms with Crippen LogP contribution in [0.15, 0.2) is 48.7 Å². The van der Waals surface area contributed by atoms with E-state index in [1.165, 1.54) is 37.5 Å². The average molecular weight is 451 g/mol. The van der Waals surface area contributed by atoms with Crippen molar-refractivity contribution in [2.75, 3.05) is 7.18 Å². The van der Waals surface area contributed by atoms with Crippen molar-refractivity contribution >= 4 is 27.9 Å². The van der Waals surface area contributed by atoms with Gasteiger partial charge in [-0.25, -0.2) is 4.98 Å². The lowest BCUT2D eigenvalue weighted by molar-refractivity contribution is 0.485. The van der Waals surface area contributed by atoms with Gasteiger partial charge in [-0.3, -0.25) is 4.39 Å². The summed E-state index contributed by atoms with van der Waals surface area (Å²) in [4.78, 5) is 7.89. The van der Waals surface area contributed by atoms with Gasteiger partial charge in [0, 0.05) is 17.1 Å². The number of pyridine rings is 1. The molecule has 3 heterocycles.